The van der Waals surface area contributed by atoms with Gasteiger partial charge >= 0.3 is 0 Å². The smallest absolute Gasteiger partial charge is 0.196 e. The molecule has 1 aliphatic heterocycles. The molecule has 0 saturated carbocycles. The van der Waals surface area contributed by atoms with E-state index < -0.39 is 0 Å². The Morgan fingerprint density at radius 2 is 2.00 bits per heavy atom. The maximum Gasteiger partial charge on any atom is 0.196 e. The van der Waals surface area contributed by atoms with Gasteiger partial charge in [0.05, 0.1) is 14.2 Å². The third-order valence-electron chi connectivity index (χ3n) is 4.56. The van der Waals surface area contributed by atoms with Gasteiger partial charge in [0.15, 0.2) is 23.3 Å². The fourth-order valence-corrected chi connectivity index (χ4v) is 3.17. The van der Waals surface area contributed by atoms with Gasteiger partial charge in [-0.2, -0.15) is 0 Å². The number of ether oxygens (including phenoxy) is 2. The maximum absolute atomic E-state index is 5.36. The number of aromatic nitrogens is 3. The molecular formula is C19H28N6O2. The predicted molar refractivity (Wildman–Crippen MR) is 106 cm³/mol. The first-order chi connectivity index (χ1) is 13.2. The fraction of sp³-hybridized carbons (Fsp3) is 0.526. The average molecular weight is 372 g/mol. The quantitative estimate of drug-likeness (QED) is 0.599. The van der Waals surface area contributed by atoms with E-state index >= 15 is 0 Å². The molecule has 2 aromatic rings. The highest BCUT2D eigenvalue weighted by molar-refractivity contribution is 5.93. The lowest BCUT2D eigenvalue weighted by Crippen LogP contribution is -2.30. The molecule has 0 spiro atoms. The lowest BCUT2D eigenvalue weighted by atomic mass is 10.2. The first-order valence-electron chi connectivity index (χ1n) is 9.43. The van der Waals surface area contributed by atoms with E-state index in [-0.39, 0.29) is 0 Å². The van der Waals surface area contributed by atoms with Gasteiger partial charge in [0, 0.05) is 31.3 Å². The molecule has 146 valence electrons. The van der Waals surface area contributed by atoms with Crippen molar-refractivity contribution in [2.45, 2.75) is 45.7 Å². The van der Waals surface area contributed by atoms with Crippen LogP contribution in [-0.2, 0) is 19.5 Å². The van der Waals surface area contributed by atoms with Crippen LogP contribution in [0.3, 0.4) is 0 Å². The van der Waals surface area contributed by atoms with Crippen molar-refractivity contribution >= 4 is 11.6 Å². The molecule has 1 aromatic carbocycles. The molecule has 0 fully saturated rings. The molecule has 0 saturated heterocycles. The second kappa shape index (κ2) is 9.25. The zero-order valence-corrected chi connectivity index (χ0v) is 16.3. The van der Waals surface area contributed by atoms with Gasteiger partial charge in [-0.3, -0.25) is 0 Å². The number of anilines is 1. The Labute approximate surface area is 160 Å². The normalized spacial score (nSPS) is 14.3. The molecule has 2 N–H and O–H groups in total. The summed E-state index contributed by atoms with van der Waals surface area (Å²) in [6.45, 7) is 4.26. The van der Waals surface area contributed by atoms with Crippen LogP contribution in [0.2, 0.25) is 0 Å². The molecule has 2 heterocycles. The maximum atomic E-state index is 5.36. The van der Waals surface area contributed by atoms with Crippen LogP contribution in [0.15, 0.2) is 23.2 Å². The highest BCUT2D eigenvalue weighted by Gasteiger charge is 2.14. The van der Waals surface area contributed by atoms with Crippen molar-refractivity contribution in [3.8, 4) is 11.5 Å². The predicted octanol–water partition coefficient (Wildman–Crippen LogP) is 2.60. The van der Waals surface area contributed by atoms with E-state index in [1.54, 1.807) is 14.2 Å². The second-order valence-corrected chi connectivity index (χ2v) is 6.38. The number of rotatable bonds is 6. The van der Waals surface area contributed by atoms with Crippen LogP contribution in [0, 0.1) is 0 Å². The number of hydrogen-bond donors (Lipinski definition) is 2. The Balaban J connectivity index is 1.75. The zero-order chi connectivity index (χ0) is 19.1. The van der Waals surface area contributed by atoms with Crippen molar-refractivity contribution in [2.75, 3.05) is 26.1 Å². The second-order valence-electron chi connectivity index (χ2n) is 6.38. The van der Waals surface area contributed by atoms with Crippen molar-refractivity contribution in [1.82, 2.24) is 20.1 Å². The number of hydrogen-bond acceptors (Lipinski definition) is 5. The van der Waals surface area contributed by atoms with Gasteiger partial charge in [-0.1, -0.05) is 6.42 Å². The first-order valence-corrected chi connectivity index (χ1v) is 9.43. The van der Waals surface area contributed by atoms with Gasteiger partial charge in [0.25, 0.3) is 0 Å². The number of methoxy groups -OCH3 is 2. The van der Waals surface area contributed by atoms with Crippen LogP contribution in [0.1, 0.15) is 37.8 Å². The molecule has 0 amide bonds. The Kier molecular flexibility index (Phi) is 6.51. The highest BCUT2D eigenvalue weighted by atomic mass is 16.5. The summed E-state index contributed by atoms with van der Waals surface area (Å²) in [4.78, 5) is 4.69. The number of nitrogens with one attached hydrogen (secondary N) is 2. The van der Waals surface area contributed by atoms with Gasteiger partial charge in [0.2, 0.25) is 0 Å². The van der Waals surface area contributed by atoms with Crippen LogP contribution in [-0.4, -0.2) is 41.5 Å². The number of benzene rings is 1. The summed E-state index contributed by atoms with van der Waals surface area (Å²) in [5, 5.41) is 15.2. The largest absolute Gasteiger partial charge is 0.493 e. The van der Waals surface area contributed by atoms with Crippen LogP contribution >= 0.6 is 0 Å². The molecule has 0 aliphatic carbocycles. The van der Waals surface area contributed by atoms with Crippen molar-refractivity contribution in [3.63, 3.8) is 0 Å². The van der Waals surface area contributed by atoms with Gasteiger partial charge in [-0.15, -0.1) is 10.2 Å². The Morgan fingerprint density at radius 1 is 1.15 bits per heavy atom. The Morgan fingerprint density at radius 3 is 2.78 bits per heavy atom. The summed E-state index contributed by atoms with van der Waals surface area (Å²) in [6.07, 6.45) is 4.60. The summed E-state index contributed by atoms with van der Waals surface area (Å²) in [7, 11) is 3.25. The number of nitrogens with zero attached hydrogens (tertiary/aromatic N) is 4. The standard InChI is InChI=1S/C19H28N6O2/c1-4-20-19(22-14-9-10-15(26-2)16(12-14)27-3)21-13-18-24-23-17-8-6-5-7-11-25(17)18/h9-10,12H,4-8,11,13H2,1-3H3,(H2,20,21,22). The number of fused-ring (bicyclic) bond motifs is 1. The monoisotopic (exact) mass is 372 g/mol. The zero-order valence-electron chi connectivity index (χ0n) is 16.3. The minimum absolute atomic E-state index is 0.482. The van der Waals surface area contributed by atoms with Crippen LogP contribution in [0.25, 0.3) is 0 Å². The third-order valence-corrected chi connectivity index (χ3v) is 4.56. The summed E-state index contributed by atoms with van der Waals surface area (Å²) >= 11 is 0. The van der Waals surface area contributed by atoms with Crippen LogP contribution < -0.4 is 20.1 Å². The van der Waals surface area contributed by atoms with Gasteiger partial charge < -0.3 is 24.7 Å². The summed E-state index contributed by atoms with van der Waals surface area (Å²) in [5.41, 5.74) is 0.868. The third kappa shape index (κ3) is 4.69. The topological polar surface area (TPSA) is 85.6 Å². The molecule has 8 heteroatoms. The Bertz CT molecular complexity index is 787. The van der Waals surface area contributed by atoms with E-state index in [4.69, 9.17) is 9.47 Å². The van der Waals surface area contributed by atoms with Gasteiger partial charge in [-0.05, 0) is 31.9 Å². The van der Waals surface area contributed by atoms with Crippen molar-refractivity contribution in [3.05, 3.63) is 29.8 Å². The fourth-order valence-electron chi connectivity index (χ4n) is 3.17. The molecule has 1 aliphatic rings. The lowest BCUT2D eigenvalue weighted by molar-refractivity contribution is 0.355. The van der Waals surface area contributed by atoms with E-state index in [1.807, 2.05) is 25.1 Å². The number of aliphatic imine (C=N–C) groups is 1. The van der Waals surface area contributed by atoms with Gasteiger partial charge in [0.1, 0.15) is 12.4 Å². The molecule has 0 bridgehead atoms. The molecule has 3 rings (SSSR count). The summed E-state index contributed by atoms with van der Waals surface area (Å²) in [5.74, 6) is 4.04. The molecule has 27 heavy (non-hydrogen) atoms. The SMILES string of the molecule is CCNC(=NCc1nnc2n1CCCCC2)Nc1ccc(OC)c(OC)c1. The molecule has 1 aromatic heterocycles. The van der Waals surface area contributed by atoms with E-state index in [9.17, 15) is 0 Å². The van der Waals surface area contributed by atoms with Crippen LogP contribution in [0.4, 0.5) is 5.69 Å². The molecule has 0 radical (unpaired) electrons. The lowest BCUT2D eigenvalue weighted by Gasteiger charge is -2.14. The Hall–Kier alpha value is -2.77. The molecule has 0 unspecified atom stereocenters. The minimum Gasteiger partial charge on any atom is -0.493 e. The van der Waals surface area contributed by atoms with Crippen molar-refractivity contribution in [2.24, 2.45) is 4.99 Å². The number of guanidine groups is 1. The number of aryl methyl sites for hydroxylation is 1. The van der Waals surface area contributed by atoms with E-state index in [2.05, 4.69) is 30.4 Å². The van der Waals surface area contributed by atoms with E-state index in [0.717, 1.165) is 36.8 Å². The first kappa shape index (κ1) is 19.0. The molecular weight excluding hydrogens is 344 g/mol. The average Bonchev–Trinajstić information content (AvgIpc) is 2.92. The summed E-state index contributed by atoms with van der Waals surface area (Å²) < 4.78 is 12.9. The minimum atomic E-state index is 0.482. The van der Waals surface area contributed by atoms with Crippen molar-refractivity contribution in [1.29, 1.82) is 0 Å². The molecule has 0 atom stereocenters. The van der Waals surface area contributed by atoms with E-state index in [0.29, 0.717) is 24.0 Å². The van der Waals surface area contributed by atoms with E-state index in [1.165, 1.54) is 19.3 Å². The summed E-state index contributed by atoms with van der Waals surface area (Å²) in [6, 6.07) is 5.68. The van der Waals surface area contributed by atoms with Crippen molar-refractivity contribution < 1.29 is 9.47 Å². The van der Waals surface area contributed by atoms with Gasteiger partial charge in [-0.25, -0.2) is 4.99 Å². The highest BCUT2D eigenvalue weighted by Crippen LogP contribution is 2.29. The van der Waals surface area contributed by atoms with Crippen LogP contribution in [0.5, 0.6) is 11.5 Å². The molecule has 8 nitrogen and oxygen atoms in total.